The van der Waals surface area contributed by atoms with Gasteiger partial charge in [0.25, 0.3) is 0 Å². The van der Waals surface area contributed by atoms with Gasteiger partial charge in [-0.15, -0.1) is 11.3 Å². The highest BCUT2D eigenvalue weighted by Crippen LogP contribution is 2.32. The topological polar surface area (TPSA) is 9.23 Å². The van der Waals surface area contributed by atoms with E-state index in [0.29, 0.717) is 6.61 Å². The highest BCUT2D eigenvalue weighted by molar-refractivity contribution is 7.18. The minimum atomic E-state index is 0.574. The Labute approximate surface area is 115 Å². The molecule has 0 bridgehead atoms. The molecule has 3 aromatic rings. The molecule has 0 unspecified atom stereocenters. The molecule has 0 aliphatic rings. The maximum Gasteiger partial charge on any atom is 0.119 e. The average molecular weight is 275 g/mol. The molecule has 18 heavy (non-hydrogen) atoms. The first-order chi connectivity index (χ1) is 8.84. The molecule has 3 rings (SSSR count). The molecule has 0 aliphatic carbocycles. The molecule has 3 heteroatoms. The van der Waals surface area contributed by atoms with Crippen molar-refractivity contribution < 1.29 is 4.74 Å². The van der Waals surface area contributed by atoms with Gasteiger partial charge in [-0.05, 0) is 23.6 Å². The van der Waals surface area contributed by atoms with Crippen LogP contribution in [-0.4, -0.2) is 0 Å². The third-order valence-corrected chi connectivity index (χ3v) is 4.27. The van der Waals surface area contributed by atoms with E-state index >= 15 is 0 Å². The number of rotatable bonds is 3. The van der Waals surface area contributed by atoms with E-state index in [1.165, 1.54) is 10.9 Å². The molecule has 0 aliphatic heterocycles. The Balaban J connectivity index is 1.85. The van der Waals surface area contributed by atoms with Crippen LogP contribution in [0.5, 0.6) is 5.75 Å². The van der Waals surface area contributed by atoms with Gasteiger partial charge in [-0.2, -0.15) is 0 Å². The molecule has 0 radical (unpaired) electrons. The lowest BCUT2D eigenvalue weighted by Gasteiger charge is -2.05. The van der Waals surface area contributed by atoms with Gasteiger partial charge in [0.05, 0.1) is 9.72 Å². The predicted molar refractivity (Wildman–Crippen MR) is 77.6 cm³/mol. The summed E-state index contributed by atoms with van der Waals surface area (Å²) in [5.41, 5.74) is 1.18. The van der Waals surface area contributed by atoms with Crippen molar-refractivity contribution in [1.29, 1.82) is 0 Å². The Hall–Kier alpha value is -1.51. The van der Waals surface area contributed by atoms with E-state index < -0.39 is 0 Å². The van der Waals surface area contributed by atoms with Crippen molar-refractivity contribution in [2.24, 2.45) is 0 Å². The molecule has 0 spiro atoms. The number of thiophene rings is 1. The summed E-state index contributed by atoms with van der Waals surface area (Å²) < 4.78 is 6.89. The lowest BCUT2D eigenvalue weighted by atomic mass is 10.2. The summed E-state index contributed by atoms with van der Waals surface area (Å²) in [5, 5.41) is 4.10. The van der Waals surface area contributed by atoms with E-state index in [-0.39, 0.29) is 0 Å². The number of hydrogen-bond acceptors (Lipinski definition) is 2. The minimum absolute atomic E-state index is 0.574. The number of fused-ring (bicyclic) bond motifs is 1. The minimum Gasteiger partial charge on any atom is -0.489 e. The monoisotopic (exact) mass is 274 g/mol. The molecule has 0 saturated heterocycles. The van der Waals surface area contributed by atoms with Gasteiger partial charge >= 0.3 is 0 Å². The van der Waals surface area contributed by atoms with Gasteiger partial charge < -0.3 is 4.74 Å². The number of ether oxygens (including phenoxy) is 1. The van der Waals surface area contributed by atoms with E-state index in [0.717, 1.165) is 15.5 Å². The van der Waals surface area contributed by atoms with Gasteiger partial charge in [0, 0.05) is 10.9 Å². The van der Waals surface area contributed by atoms with Crippen molar-refractivity contribution in [3.05, 3.63) is 64.5 Å². The van der Waals surface area contributed by atoms with Crippen molar-refractivity contribution in [3.63, 3.8) is 0 Å². The quantitative estimate of drug-likeness (QED) is 0.643. The Morgan fingerprint density at radius 3 is 2.67 bits per heavy atom. The fraction of sp³-hybridized carbons (Fsp3) is 0.0667. The first kappa shape index (κ1) is 11.6. The second kappa shape index (κ2) is 5.01. The molecule has 1 heterocycles. The van der Waals surface area contributed by atoms with Gasteiger partial charge in [-0.1, -0.05) is 41.9 Å². The van der Waals surface area contributed by atoms with Crippen molar-refractivity contribution in [1.82, 2.24) is 0 Å². The first-order valence-corrected chi connectivity index (χ1v) is 6.93. The van der Waals surface area contributed by atoms with Crippen LogP contribution in [-0.2, 0) is 6.61 Å². The van der Waals surface area contributed by atoms with Crippen LogP contribution in [0.25, 0.3) is 10.1 Å². The third kappa shape index (κ3) is 2.22. The molecule has 0 amide bonds. The number of halogens is 1. The van der Waals surface area contributed by atoms with Gasteiger partial charge in [0.1, 0.15) is 12.4 Å². The summed E-state index contributed by atoms with van der Waals surface area (Å²) in [7, 11) is 0. The summed E-state index contributed by atoms with van der Waals surface area (Å²) in [6, 6.07) is 15.8. The second-order valence-corrected chi connectivity index (χ2v) is 5.27. The maximum atomic E-state index is 6.16. The van der Waals surface area contributed by atoms with Crippen LogP contribution in [0, 0.1) is 0 Å². The summed E-state index contributed by atoms with van der Waals surface area (Å²) in [5.74, 6) is 0.888. The Bertz CT molecular complexity index is 661. The van der Waals surface area contributed by atoms with Crippen molar-refractivity contribution in [2.45, 2.75) is 6.61 Å². The van der Waals surface area contributed by atoms with E-state index in [1.807, 2.05) is 42.5 Å². The largest absolute Gasteiger partial charge is 0.489 e. The molecule has 0 saturated carbocycles. The SMILES string of the molecule is Clc1cccc2c(COc3ccccc3)csc12. The molecular weight excluding hydrogens is 264 g/mol. The number of para-hydroxylation sites is 1. The summed E-state index contributed by atoms with van der Waals surface area (Å²) in [4.78, 5) is 0. The van der Waals surface area contributed by atoms with Gasteiger partial charge in [0.2, 0.25) is 0 Å². The summed E-state index contributed by atoms with van der Waals surface area (Å²) in [6.07, 6.45) is 0. The molecule has 1 nitrogen and oxygen atoms in total. The van der Waals surface area contributed by atoms with Crippen LogP contribution in [0.15, 0.2) is 53.9 Å². The highest BCUT2D eigenvalue weighted by Gasteiger charge is 2.07. The Morgan fingerprint density at radius 1 is 1.00 bits per heavy atom. The van der Waals surface area contributed by atoms with Crippen molar-refractivity contribution >= 4 is 33.0 Å². The zero-order valence-electron chi connectivity index (χ0n) is 9.60. The van der Waals surface area contributed by atoms with Gasteiger partial charge in [-0.25, -0.2) is 0 Å². The van der Waals surface area contributed by atoms with E-state index in [4.69, 9.17) is 16.3 Å². The first-order valence-electron chi connectivity index (χ1n) is 5.67. The van der Waals surface area contributed by atoms with Gasteiger partial charge in [0.15, 0.2) is 0 Å². The van der Waals surface area contributed by atoms with E-state index in [9.17, 15) is 0 Å². The Morgan fingerprint density at radius 2 is 1.83 bits per heavy atom. The second-order valence-electron chi connectivity index (χ2n) is 3.98. The molecular formula is C15H11ClOS. The summed E-state index contributed by atoms with van der Waals surface area (Å²) in [6.45, 7) is 0.574. The highest BCUT2D eigenvalue weighted by atomic mass is 35.5. The smallest absolute Gasteiger partial charge is 0.119 e. The molecule has 0 atom stereocenters. The summed E-state index contributed by atoms with van der Waals surface area (Å²) >= 11 is 7.82. The third-order valence-electron chi connectivity index (χ3n) is 2.77. The zero-order chi connectivity index (χ0) is 12.4. The van der Waals surface area contributed by atoms with Crippen LogP contribution < -0.4 is 4.74 Å². The maximum absolute atomic E-state index is 6.16. The van der Waals surface area contributed by atoms with Crippen LogP contribution in [0.3, 0.4) is 0 Å². The fourth-order valence-corrected chi connectivity index (χ4v) is 3.13. The Kier molecular flexibility index (Phi) is 3.22. The van der Waals surface area contributed by atoms with Crippen LogP contribution >= 0.6 is 22.9 Å². The zero-order valence-corrected chi connectivity index (χ0v) is 11.2. The van der Waals surface area contributed by atoms with Gasteiger partial charge in [-0.3, -0.25) is 0 Å². The lowest BCUT2D eigenvalue weighted by molar-refractivity contribution is 0.308. The molecule has 0 fully saturated rings. The van der Waals surface area contributed by atoms with Crippen molar-refractivity contribution in [3.8, 4) is 5.75 Å². The predicted octanol–water partition coefficient (Wildman–Crippen LogP) is 5.13. The molecule has 1 aromatic heterocycles. The van der Waals surface area contributed by atoms with Crippen LogP contribution in [0.2, 0.25) is 5.02 Å². The lowest BCUT2D eigenvalue weighted by Crippen LogP contribution is -1.93. The van der Waals surface area contributed by atoms with Crippen LogP contribution in [0.4, 0.5) is 0 Å². The number of benzene rings is 2. The van der Waals surface area contributed by atoms with Crippen molar-refractivity contribution in [2.75, 3.05) is 0 Å². The molecule has 2 aromatic carbocycles. The van der Waals surface area contributed by atoms with E-state index in [1.54, 1.807) is 11.3 Å². The van der Waals surface area contributed by atoms with E-state index in [2.05, 4.69) is 11.4 Å². The molecule has 90 valence electrons. The normalized spacial score (nSPS) is 10.7. The standard InChI is InChI=1S/C15H11ClOS/c16-14-8-4-7-13-11(10-18-15(13)14)9-17-12-5-2-1-3-6-12/h1-8,10H,9H2. The average Bonchev–Trinajstić information content (AvgIpc) is 2.82. The fourth-order valence-electron chi connectivity index (χ4n) is 1.86. The number of hydrogen-bond donors (Lipinski definition) is 0. The molecule has 0 N–H and O–H groups in total. The van der Waals surface area contributed by atoms with Crippen LogP contribution in [0.1, 0.15) is 5.56 Å².